The van der Waals surface area contributed by atoms with Gasteiger partial charge in [0.2, 0.25) is 0 Å². The first-order valence-corrected chi connectivity index (χ1v) is 5.80. The molecule has 78 valence electrons. The summed E-state index contributed by atoms with van der Waals surface area (Å²) in [6.45, 7) is 6.59. The normalized spacial score (nSPS) is 13.2. The smallest absolute Gasteiger partial charge is 0.0582 e. The lowest BCUT2D eigenvalue weighted by molar-refractivity contribution is 0.647. The molecule has 0 fully saturated rings. The number of alkyl halides is 1. The molecule has 0 saturated carbocycles. The average Bonchev–Trinajstić information content (AvgIpc) is 2.17. The zero-order valence-corrected chi connectivity index (χ0v) is 10.0. The Hall–Kier alpha value is -0.490. The van der Waals surface area contributed by atoms with E-state index in [0.717, 1.165) is 18.8 Å². The third kappa shape index (κ3) is 3.34. The van der Waals surface area contributed by atoms with Gasteiger partial charge in [0.1, 0.15) is 0 Å². The minimum atomic E-state index is 0.170. The van der Waals surface area contributed by atoms with Gasteiger partial charge < -0.3 is 0 Å². The Labute approximate surface area is 92.3 Å². The maximum Gasteiger partial charge on any atom is 0.0582 e. The predicted molar refractivity (Wildman–Crippen MR) is 63.9 cm³/mol. The van der Waals surface area contributed by atoms with Crippen LogP contribution >= 0.6 is 11.6 Å². The van der Waals surface area contributed by atoms with Gasteiger partial charge in [-0.3, -0.25) is 0 Å². The van der Waals surface area contributed by atoms with Crippen molar-refractivity contribution in [3.63, 3.8) is 0 Å². The molecule has 0 amide bonds. The number of rotatable bonds is 4. The summed E-state index contributed by atoms with van der Waals surface area (Å²) in [5.74, 6) is 0.721. The highest BCUT2D eigenvalue weighted by Crippen LogP contribution is 2.24. The second-order valence-corrected chi connectivity index (χ2v) is 4.74. The van der Waals surface area contributed by atoms with E-state index in [2.05, 4.69) is 45.0 Å². The van der Waals surface area contributed by atoms with E-state index in [1.165, 1.54) is 11.1 Å². The molecule has 14 heavy (non-hydrogen) atoms. The summed E-state index contributed by atoms with van der Waals surface area (Å²) < 4.78 is 0. The Kier molecular flexibility index (Phi) is 4.47. The molecule has 0 radical (unpaired) electrons. The summed E-state index contributed by atoms with van der Waals surface area (Å²) in [7, 11) is 0. The van der Waals surface area contributed by atoms with Crippen LogP contribution in [-0.4, -0.2) is 0 Å². The highest BCUT2D eigenvalue weighted by molar-refractivity contribution is 6.20. The summed E-state index contributed by atoms with van der Waals surface area (Å²) in [6, 6.07) is 8.69. The van der Waals surface area contributed by atoms with Crippen LogP contribution in [0.5, 0.6) is 0 Å². The molecule has 0 N–H and O–H groups in total. The fourth-order valence-corrected chi connectivity index (χ4v) is 1.72. The first-order chi connectivity index (χ1) is 6.63. The van der Waals surface area contributed by atoms with E-state index < -0.39 is 0 Å². The lowest BCUT2D eigenvalue weighted by Crippen LogP contribution is -1.95. The van der Waals surface area contributed by atoms with Crippen molar-refractivity contribution in [3.8, 4) is 0 Å². The van der Waals surface area contributed by atoms with E-state index >= 15 is 0 Å². The van der Waals surface area contributed by atoms with Gasteiger partial charge in [-0.1, -0.05) is 45.0 Å². The summed E-state index contributed by atoms with van der Waals surface area (Å²) in [5, 5.41) is 0.170. The average molecular weight is 211 g/mol. The first-order valence-electron chi connectivity index (χ1n) is 5.36. The molecule has 0 saturated heterocycles. The highest BCUT2D eigenvalue weighted by atomic mass is 35.5. The van der Waals surface area contributed by atoms with Gasteiger partial charge in [0.25, 0.3) is 0 Å². The third-order valence-corrected chi connectivity index (χ3v) is 2.90. The van der Waals surface area contributed by atoms with Crippen LogP contribution in [0.2, 0.25) is 0 Å². The van der Waals surface area contributed by atoms with E-state index in [9.17, 15) is 0 Å². The first kappa shape index (κ1) is 11.6. The van der Waals surface area contributed by atoms with Crippen molar-refractivity contribution in [1.29, 1.82) is 0 Å². The molecule has 0 aliphatic heterocycles. The number of halogens is 1. The quantitative estimate of drug-likeness (QED) is 0.639. The van der Waals surface area contributed by atoms with Gasteiger partial charge in [-0.05, 0) is 29.9 Å². The van der Waals surface area contributed by atoms with Crippen molar-refractivity contribution < 1.29 is 0 Å². The molecular weight excluding hydrogens is 192 g/mol. The Balaban J connectivity index is 2.68. The zero-order chi connectivity index (χ0) is 10.6. The molecular formula is C13H19Cl. The van der Waals surface area contributed by atoms with Gasteiger partial charge in [0.05, 0.1) is 5.38 Å². The number of hydrogen-bond acceptors (Lipinski definition) is 0. The van der Waals surface area contributed by atoms with Crippen LogP contribution in [0.4, 0.5) is 0 Å². The molecule has 1 atom stereocenters. The van der Waals surface area contributed by atoms with Crippen molar-refractivity contribution in [3.05, 3.63) is 35.4 Å². The molecule has 0 aliphatic carbocycles. The summed E-state index contributed by atoms with van der Waals surface area (Å²) >= 11 is 6.15. The number of benzene rings is 1. The molecule has 0 heterocycles. The second-order valence-electron chi connectivity index (χ2n) is 4.22. The van der Waals surface area contributed by atoms with Crippen molar-refractivity contribution in [2.45, 2.75) is 39.0 Å². The van der Waals surface area contributed by atoms with Crippen LogP contribution in [0.25, 0.3) is 0 Å². The molecule has 0 aliphatic rings. The maximum atomic E-state index is 6.15. The molecule has 0 spiro atoms. The van der Waals surface area contributed by atoms with Crippen LogP contribution in [-0.2, 0) is 6.42 Å². The molecule has 0 aromatic heterocycles. The molecule has 0 nitrogen and oxygen atoms in total. The van der Waals surface area contributed by atoms with Crippen LogP contribution in [0.1, 0.15) is 43.7 Å². The van der Waals surface area contributed by atoms with E-state index in [1.807, 2.05) is 0 Å². The van der Waals surface area contributed by atoms with Crippen LogP contribution < -0.4 is 0 Å². The second kappa shape index (κ2) is 5.41. The Morgan fingerprint density at radius 1 is 1.14 bits per heavy atom. The van der Waals surface area contributed by atoms with Crippen LogP contribution in [0.15, 0.2) is 24.3 Å². The SMILES string of the molecule is CCC(Cl)c1ccc(CC(C)C)cc1. The van der Waals surface area contributed by atoms with Crippen molar-refractivity contribution in [1.82, 2.24) is 0 Å². The molecule has 1 rings (SSSR count). The number of hydrogen-bond donors (Lipinski definition) is 0. The Bertz CT molecular complexity index is 261. The fourth-order valence-electron chi connectivity index (χ4n) is 1.57. The fraction of sp³-hybridized carbons (Fsp3) is 0.538. The van der Waals surface area contributed by atoms with Gasteiger partial charge in [-0.25, -0.2) is 0 Å². The minimum absolute atomic E-state index is 0.170. The lowest BCUT2D eigenvalue weighted by Gasteiger charge is -2.09. The van der Waals surface area contributed by atoms with Gasteiger partial charge in [-0.15, -0.1) is 11.6 Å². The molecule has 1 aromatic rings. The molecule has 1 unspecified atom stereocenters. The maximum absolute atomic E-state index is 6.15. The largest absolute Gasteiger partial charge is 0.118 e. The van der Waals surface area contributed by atoms with Gasteiger partial charge in [0.15, 0.2) is 0 Å². The lowest BCUT2D eigenvalue weighted by atomic mass is 10.0. The highest BCUT2D eigenvalue weighted by Gasteiger charge is 2.04. The monoisotopic (exact) mass is 210 g/mol. The molecule has 1 heteroatoms. The van der Waals surface area contributed by atoms with Crippen molar-refractivity contribution >= 4 is 11.6 Å². The summed E-state index contributed by atoms with van der Waals surface area (Å²) in [4.78, 5) is 0. The van der Waals surface area contributed by atoms with Crippen molar-refractivity contribution in [2.75, 3.05) is 0 Å². The van der Waals surface area contributed by atoms with E-state index in [1.54, 1.807) is 0 Å². The minimum Gasteiger partial charge on any atom is -0.118 e. The van der Waals surface area contributed by atoms with Crippen LogP contribution in [0, 0.1) is 5.92 Å². The summed E-state index contributed by atoms with van der Waals surface area (Å²) in [6.07, 6.45) is 2.14. The predicted octanol–water partition coefficient (Wildman–Crippen LogP) is 4.58. The van der Waals surface area contributed by atoms with E-state index in [-0.39, 0.29) is 5.38 Å². The van der Waals surface area contributed by atoms with E-state index in [4.69, 9.17) is 11.6 Å². The Morgan fingerprint density at radius 2 is 1.71 bits per heavy atom. The zero-order valence-electron chi connectivity index (χ0n) is 9.26. The van der Waals surface area contributed by atoms with E-state index in [0.29, 0.717) is 0 Å². The molecule has 1 aromatic carbocycles. The Morgan fingerprint density at radius 3 is 2.14 bits per heavy atom. The molecule has 0 bridgehead atoms. The topological polar surface area (TPSA) is 0 Å². The van der Waals surface area contributed by atoms with Gasteiger partial charge in [0, 0.05) is 0 Å². The standard InChI is InChI=1S/C13H19Cl/c1-4-13(14)12-7-5-11(6-8-12)9-10(2)3/h5-8,10,13H,4,9H2,1-3H3. The van der Waals surface area contributed by atoms with Crippen LogP contribution in [0.3, 0.4) is 0 Å². The van der Waals surface area contributed by atoms with Crippen molar-refractivity contribution in [2.24, 2.45) is 5.92 Å². The third-order valence-electron chi connectivity index (χ3n) is 2.34. The van der Waals surface area contributed by atoms with Gasteiger partial charge in [-0.2, -0.15) is 0 Å². The summed E-state index contributed by atoms with van der Waals surface area (Å²) in [5.41, 5.74) is 2.64. The van der Waals surface area contributed by atoms with Gasteiger partial charge >= 0.3 is 0 Å².